The van der Waals surface area contributed by atoms with Crippen LogP contribution in [0.3, 0.4) is 0 Å². The topological polar surface area (TPSA) is 67.0 Å². The Hall–Kier alpha value is -2.01. The Morgan fingerprint density at radius 3 is 2.86 bits per heavy atom. The quantitative estimate of drug-likeness (QED) is 0.830. The number of benzene rings is 1. The SMILES string of the molecule is CC(C)(C)c1cccc(OCCNc2cn[nH]c(=O)c2Cl)c1. The Morgan fingerprint density at radius 1 is 1.36 bits per heavy atom. The lowest BCUT2D eigenvalue weighted by molar-refractivity contribution is 0.332. The van der Waals surface area contributed by atoms with Crippen LogP contribution in [-0.4, -0.2) is 23.3 Å². The van der Waals surface area contributed by atoms with Gasteiger partial charge in [0.1, 0.15) is 17.4 Å². The van der Waals surface area contributed by atoms with Crippen molar-refractivity contribution in [2.75, 3.05) is 18.5 Å². The molecule has 0 spiro atoms. The highest BCUT2D eigenvalue weighted by Gasteiger charge is 2.13. The number of nitrogens with zero attached hydrogens (tertiary/aromatic N) is 1. The maximum absolute atomic E-state index is 11.3. The van der Waals surface area contributed by atoms with E-state index in [0.717, 1.165) is 5.75 Å². The lowest BCUT2D eigenvalue weighted by Crippen LogP contribution is -2.16. The standard InChI is InChI=1S/C16H20ClN3O2/c1-16(2,3)11-5-4-6-12(9-11)22-8-7-18-13-10-19-20-15(21)14(13)17/h4-6,9-10H,7-8H2,1-3H3,(H2,18,20,21). The second kappa shape index (κ2) is 6.83. The lowest BCUT2D eigenvalue weighted by Gasteiger charge is -2.19. The number of hydrogen-bond acceptors (Lipinski definition) is 4. The van der Waals surface area contributed by atoms with Crippen molar-refractivity contribution in [2.24, 2.45) is 0 Å². The first-order chi connectivity index (χ1) is 10.4. The molecule has 118 valence electrons. The molecule has 1 heterocycles. The zero-order valence-electron chi connectivity index (χ0n) is 12.9. The number of anilines is 1. The fraction of sp³-hybridized carbons (Fsp3) is 0.375. The van der Waals surface area contributed by atoms with Gasteiger partial charge in [0.25, 0.3) is 5.56 Å². The van der Waals surface area contributed by atoms with Crippen molar-refractivity contribution >= 4 is 17.3 Å². The fourth-order valence-corrected chi connectivity index (χ4v) is 2.07. The first-order valence-corrected chi connectivity index (χ1v) is 7.46. The summed E-state index contributed by atoms with van der Waals surface area (Å²) < 4.78 is 5.72. The van der Waals surface area contributed by atoms with Gasteiger partial charge in [-0.05, 0) is 23.1 Å². The second-order valence-electron chi connectivity index (χ2n) is 5.98. The summed E-state index contributed by atoms with van der Waals surface area (Å²) >= 11 is 5.87. The number of ether oxygens (including phenoxy) is 1. The van der Waals surface area contributed by atoms with Crippen LogP contribution in [0, 0.1) is 0 Å². The van der Waals surface area contributed by atoms with Gasteiger partial charge in [-0.25, -0.2) is 5.10 Å². The summed E-state index contributed by atoms with van der Waals surface area (Å²) in [5, 5.41) is 9.09. The summed E-state index contributed by atoms with van der Waals surface area (Å²) in [5.41, 5.74) is 1.39. The van der Waals surface area contributed by atoms with Crippen molar-refractivity contribution in [1.29, 1.82) is 0 Å². The van der Waals surface area contributed by atoms with Crippen molar-refractivity contribution in [3.8, 4) is 5.75 Å². The summed E-state index contributed by atoms with van der Waals surface area (Å²) in [7, 11) is 0. The van der Waals surface area contributed by atoms with Gasteiger partial charge in [0.15, 0.2) is 0 Å². The zero-order valence-corrected chi connectivity index (χ0v) is 13.7. The molecule has 0 aliphatic carbocycles. The Morgan fingerprint density at radius 2 is 2.14 bits per heavy atom. The maximum Gasteiger partial charge on any atom is 0.285 e. The molecular weight excluding hydrogens is 302 g/mol. The largest absolute Gasteiger partial charge is 0.492 e. The first-order valence-electron chi connectivity index (χ1n) is 7.08. The average molecular weight is 322 g/mol. The van der Waals surface area contributed by atoms with Crippen LogP contribution in [0.15, 0.2) is 35.3 Å². The van der Waals surface area contributed by atoms with Gasteiger partial charge in [-0.2, -0.15) is 5.10 Å². The van der Waals surface area contributed by atoms with Crippen LogP contribution in [-0.2, 0) is 5.41 Å². The summed E-state index contributed by atoms with van der Waals surface area (Å²) in [6, 6.07) is 8.05. The highest BCUT2D eigenvalue weighted by Crippen LogP contribution is 2.25. The van der Waals surface area contributed by atoms with E-state index in [9.17, 15) is 4.79 Å². The van der Waals surface area contributed by atoms with Crippen LogP contribution in [0.5, 0.6) is 5.75 Å². The third-order valence-electron chi connectivity index (χ3n) is 3.18. The Labute approximate surface area is 134 Å². The van der Waals surface area contributed by atoms with Gasteiger partial charge in [-0.15, -0.1) is 0 Å². The number of aromatic nitrogens is 2. The number of halogens is 1. The van der Waals surface area contributed by atoms with E-state index in [1.165, 1.54) is 11.8 Å². The average Bonchev–Trinajstić information content (AvgIpc) is 2.47. The minimum Gasteiger partial charge on any atom is -0.492 e. The van der Waals surface area contributed by atoms with Gasteiger partial charge in [0.2, 0.25) is 0 Å². The predicted molar refractivity (Wildman–Crippen MR) is 89.0 cm³/mol. The molecule has 0 aliphatic heterocycles. The normalized spacial score (nSPS) is 11.3. The second-order valence-corrected chi connectivity index (χ2v) is 6.36. The molecule has 0 saturated carbocycles. The summed E-state index contributed by atoms with van der Waals surface area (Å²) in [5.74, 6) is 0.823. The molecule has 2 N–H and O–H groups in total. The predicted octanol–water partition coefficient (Wildman–Crippen LogP) is 3.21. The van der Waals surface area contributed by atoms with Crippen LogP contribution < -0.4 is 15.6 Å². The zero-order chi connectivity index (χ0) is 16.2. The number of H-pyrrole nitrogens is 1. The minimum absolute atomic E-state index is 0.0852. The molecule has 0 atom stereocenters. The van der Waals surface area contributed by atoms with E-state index in [2.05, 4.69) is 42.4 Å². The monoisotopic (exact) mass is 321 g/mol. The first kappa shape index (κ1) is 16.4. The molecule has 1 aromatic carbocycles. The van der Waals surface area contributed by atoms with Crippen molar-refractivity contribution < 1.29 is 4.74 Å². The van der Waals surface area contributed by atoms with Crippen molar-refractivity contribution in [3.63, 3.8) is 0 Å². The molecule has 6 heteroatoms. The third kappa shape index (κ3) is 4.24. The third-order valence-corrected chi connectivity index (χ3v) is 3.56. The molecule has 2 rings (SSSR count). The summed E-state index contributed by atoms with van der Waals surface area (Å²) in [4.78, 5) is 11.3. The molecule has 2 aromatic rings. The van der Waals surface area contributed by atoms with E-state index < -0.39 is 5.56 Å². The van der Waals surface area contributed by atoms with Crippen molar-refractivity contribution in [2.45, 2.75) is 26.2 Å². The molecule has 0 aliphatic rings. The molecule has 5 nitrogen and oxygen atoms in total. The lowest BCUT2D eigenvalue weighted by atomic mass is 9.87. The van der Waals surface area contributed by atoms with Crippen molar-refractivity contribution in [3.05, 3.63) is 51.4 Å². The number of hydrogen-bond donors (Lipinski definition) is 2. The minimum atomic E-state index is -0.412. The Kier molecular flexibility index (Phi) is 5.08. The fourth-order valence-electron chi connectivity index (χ4n) is 1.91. The van der Waals surface area contributed by atoms with Crippen LogP contribution in [0.25, 0.3) is 0 Å². The molecule has 0 radical (unpaired) electrons. The van der Waals surface area contributed by atoms with Crippen LogP contribution >= 0.6 is 11.6 Å². The molecule has 22 heavy (non-hydrogen) atoms. The van der Waals surface area contributed by atoms with Crippen LogP contribution in [0.2, 0.25) is 5.02 Å². The smallest absolute Gasteiger partial charge is 0.285 e. The maximum atomic E-state index is 11.3. The van der Waals surface area contributed by atoms with E-state index in [-0.39, 0.29) is 10.4 Å². The molecule has 1 aromatic heterocycles. The highest BCUT2D eigenvalue weighted by molar-refractivity contribution is 6.32. The molecule has 0 fully saturated rings. The van der Waals surface area contributed by atoms with Crippen LogP contribution in [0.4, 0.5) is 5.69 Å². The molecule has 0 saturated heterocycles. The summed E-state index contributed by atoms with van der Waals surface area (Å²) in [6.07, 6.45) is 1.48. The van der Waals surface area contributed by atoms with E-state index in [1.807, 2.05) is 18.2 Å². The van der Waals surface area contributed by atoms with E-state index in [1.54, 1.807) is 0 Å². The van der Waals surface area contributed by atoms with Gasteiger partial charge in [-0.3, -0.25) is 4.79 Å². The van der Waals surface area contributed by atoms with Gasteiger partial charge in [0.05, 0.1) is 11.9 Å². The van der Waals surface area contributed by atoms with Gasteiger partial charge in [-0.1, -0.05) is 44.5 Å². The molecule has 0 amide bonds. The molecule has 0 unspecified atom stereocenters. The number of aromatic amines is 1. The van der Waals surface area contributed by atoms with Crippen molar-refractivity contribution in [1.82, 2.24) is 10.2 Å². The van der Waals surface area contributed by atoms with E-state index in [4.69, 9.17) is 16.3 Å². The van der Waals surface area contributed by atoms with Crippen LogP contribution in [0.1, 0.15) is 26.3 Å². The highest BCUT2D eigenvalue weighted by atomic mass is 35.5. The van der Waals surface area contributed by atoms with E-state index >= 15 is 0 Å². The number of rotatable bonds is 5. The molecule has 0 bridgehead atoms. The number of nitrogens with one attached hydrogen (secondary N) is 2. The van der Waals surface area contributed by atoms with Gasteiger partial charge < -0.3 is 10.1 Å². The Balaban J connectivity index is 1.89. The Bertz CT molecular complexity index is 692. The van der Waals surface area contributed by atoms with Gasteiger partial charge >= 0.3 is 0 Å². The van der Waals surface area contributed by atoms with E-state index in [0.29, 0.717) is 18.8 Å². The molecular formula is C16H20ClN3O2. The summed E-state index contributed by atoms with van der Waals surface area (Å²) in [6.45, 7) is 7.46. The van der Waals surface area contributed by atoms with Gasteiger partial charge in [0, 0.05) is 6.54 Å².